The standard InChI is InChI=1S/C25H28ClN5/c1-16-23(19-9-7-8-10-20(19)26)24-28-21(25(2,3)4)15-22(31(24)29-16)27-17-11-13-18(14-12-17)30(5)6/h7-15,27H,1-6H3. The lowest BCUT2D eigenvalue weighted by atomic mass is 9.92. The zero-order valence-electron chi connectivity index (χ0n) is 18.9. The first-order chi connectivity index (χ1) is 14.6. The molecule has 4 aromatic rings. The number of hydrogen-bond acceptors (Lipinski definition) is 4. The Morgan fingerprint density at radius 2 is 1.68 bits per heavy atom. The Morgan fingerprint density at radius 3 is 2.29 bits per heavy atom. The summed E-state index contributed by atoms with van der Waals surface area (Å²) in [6, 6.07) is 18.3. The summed E-state index contributed by atoms with van der Waals surface area (Å²) in [5.41, 5.74) is 6.59. The summed E-state index contributed by atoms with van der Waals surface area (Å²) >= 11 is 6.54. The molecule has 5 nitrogen and oxygen atoms in total. The quantitative estimate of drug-likeness (QED) is 0.400. The van der Waals surface area contributed by atoms with Crippen LogP contribution in [0, 0.1) is 6.92 Å². The van der Waals surface area contributed by atoms with E-state index < -0.39 is 0 Å². The van der Waals surface area contributed by atoms with Gasteiger partial charge in [0, 0.05) is 47.5 Å². The molecule has 2 aromatic heterocycles. The van der Waals surface area contributed by atoms with E-state index in [4.69, 9.17) is 21.7 Å². The molecule has 0 aliphatic rings. The van der Waals surface area contributed by atoms with Crippen LogP contribution in [-0.2, 0) is 5.41 Å². The van der Waals surface area contributed by atoms with E-state index in [2.05, 4.69) is 61.3 Å². The summed E-state index contributed by atoms with van der Waals surface area (Å²) in [6.45, 7) is 8.50. The molecule has 0 fully saturated rings. The molecular formula is C25H28ClN5. The van der Waals surface area contributed by atoms with Crippen LogP contribution >= 0.6 is 11.6 Å². The summed E-state index contributed by atoms with van der Waals surface area (Å²) in [7, 11) is 4.07. The summed E-state index contributed by atoms with van der Waals surface area (Å²) in [5, 5.41) is 9.05. The number of aryl methyl sites for hydroxylation is 1. The minimum Gasteiger partial charge on any atom is -0.378 e. The van der Waals surface area contributed by atoms with Gasteiger partial charge in [-0.3, -0.25) is 0 Å². The van der Waals surface area contributed by atoms with E-state index in [1.54, 1.807) is 0 Å². The minimum atomic E-state index is -0.122. The summed E-state index contributed by atoms with van der Waals surface area (Å²) < 4.78 is 1.88. The van der Waals surface area contributed by atoms with Crippen molar-refractivity contribution >= 4 is 34.4 Å². The van der Waals surface area contributed by atoms with Crippen molar-refractivity contribution < 1.29 is 0 Å². The highest BCUT2D eigenvalue weighted by atomic mass is 35.5. The third-order valence-corrected chi connectivity index (χ3v) is 5.66. The molecule has 0 spiro atoms. The molecule has 160 valence electrons. The van der Waals surface area contributed by atoms with Crippen molar-refractivity contribution in [3.63, 3.8) is 0 Å². The smallest absolute Gasteiger partial charge is 0.165 e. The SMILES string of the molecule is Cc1nn2c(Nc3ccc(N(C)C)cc3)cc(C(C)(C)C)nc2c1-c1ccccc1Cl. The van der Waals surface area contributed by atoms with Gasteiger partial charge in [0.1, 0.15) is 5.82 Å². The largest absolute Gasteiger partial charge is 0.378 e. The normalized spacial score (nSPS) is 11.7. The van der Waals surface area contributed by atoms with Crippen LogP contribution in [0.4, 0.5) is 17.2 Å². The van der Waals surface area contributed by atoms with Gasteiger partial charge in [0.2, 0.25) is 0 Å². The van der Waals surface area contributed by atoms with Crippen LogP contribution in [0.15, 0.2) is 54.6 Å². The zero-order valence-corrected chi connectivity index (χ0v) is 19.6. The van der Waals surface area contributed by atoms with Crippen molar-refractivity contribution in [3.8, 4) is 11.1 Å². The van der Waals surface area contributed by atoms with Crippen molar-refractivity contribution in [2.24, 2.45) is 0 Å². The average Bonchev–Trinajstić information content (AvgIpc) is 3.04. The molecule has 0 saturated heterocycles. The number of fused-ring (bicyclic) bond motifs is 1. The molecule has 0 atom stereocenters. The van der Waals surface area contributed by atoms with Crippen LogP contribution in [0.25, 0.3) is 16.8 Å². The average molecular weight is 434 g/mol. The number of rotatable bonds is 4. The monoisotopic (exact) mass is 433 g/mol. The molecule has 0 aliphatic carbocycles. The molecule has 0 amide bonds. The summed E-state index contributed by atoms with van der Waals surface area (Å²) in [4.78, 5) is 7.10. The highest BCUT2D eigenvalue weighted by Gasteiger charge is 2.23. The molecule has 1 N–H and O–H groups in total. The fourth-order valence-corrected chi connectivity index (χ4v) is 3.80. The first-order valence-corrected chi connectivity index (χ1v) is 10.7. The molecular weight excluding hydrogens is 406 g/mol. The first-order valence-electron chi connectivity index (χ1n) is 10.4. The second-order valence-electron chi connectivity index (χ2n) is 9.02. The number of anilines is 3. The molecule has 0 bridgehead atoms. The Morgan fingerprint density at radius 1 is 1.00 bits per heavy atom. The maximum atomic E-state index is 6.54. The van der Waals surface area contributed by atoms with E-state index in [1.807, 2.05) is 49.8 Å². The zero-order chi connectivity index (χ0) is 22.3. The van der Waals surface area contributed by atoms with Gasteiger partial charge < -0.3 is 10.2 Å². The van der Waals surface area contributed by atoms with E-state index in [0.29, 0.717) is 5.02 Å². The number of hydrogen-bond donors (Lipinski definition) is 1. The van der Waals surface area contributed by atoms with Crippen LogP contribution in [0.5, 0.6) is 0 Å². The third-order valence-electron chi connectivity index (χ3n) is 5.33. The fourth-order valence-electron chi connectivity index (χ4n) is 3.57. The van der Waals surface area contributed by atoms with Crippen LogP contribution in [0.2, 0.25) is 5.02 Å². The number of nitrogens with one attached hydrogen (secondary N) is 1. The number of aromatic nitrogens is 3. The van der Waals surface area contributed by atoms with E-state index in [1.165, 1.54) is 0 Å². The molecule has 31 heavy (non-hydrogen) atoms. The van der Waals surface area contributed by atoms with Gasteiger partial charge in [0.15, 0.2) is 5.65 Å². The Bertz CT molecular complexity index is 1230. The second-order valence-corrected chi connectivity index (χ2v) is 9.43. The molecule has 4 rings (SSSR count). The Balaban J connectivity index is 1.91. The molecule has 6 heteroatoms. The Hall–Kier alpha value is -3.05. The summed E-state index contributed by atoms with van der Waals surface area (Å²) in [5.74, 6) is 0.869. The predicted molar refractivity (Wildman–Crippen MR) is 131 cm³/mol. The molecule has 2 heterocycles. The minimum absolute atomic E-state index is 0.122. The highest BCUT2D eigenvalue weighted by molar-refractivity contribution is 6.33. The topological polar surface area (TPSA) is 45.5 Å². The van der Waals surface area contributed by atoms with Crippen LogP contribution in [0.1, 0.15) is 32.2 Å². The lowest BCUT2D eigenvalue weighted by Gasteiger charge is -2.20. The van der Waals surface area contributed by atoms with E-state index in [9.17, 15) is 0 Å². The first kappa shape index (κ1) is 21.2. The Labute approximate surface area is 188 Å². The number of benzene rings is 2. The lowest BCUT2D eigenvalue weighted by Crippen LogP contribution is -2.16. The number of halogens is 1. The van der Waals surface area contributed by atoms with Crippen molar-refractivity contribution in [1.29, 1.82) is 0 Å². The van der Waals surface area contributed by atoms with Crippen molar-refractivity contribution in [2.75, 3.05) is 24.3 Å². The molecule has 0 saturated carbocycles. The second kappa shape index (κ2) is 7.89. The van der Waals surface area contributed by atoms with Gasteiger partial charge in [-0.15, -0.1) is 0 Å². The van der Waals surface area contributed by atoms with E-state index in [0.717, 1.165) is 45.4 Å². The van der Waals surface area contributed by atoms with Gasteiger partial charge in [-0.1, -0.05) is 50.6 Å². The van der Waals surface area contributed by atoms with Crippen LogP contribution in [0.3, 0.4) is 0 Å². The maximum Gasteiger partial charge on any atom is 0.165 e. The van der Waals surface area contributed by atoms with E-state index in [-0.39, 0.29) is 5.41 Å². The third kappa shape index (κ3) is 4.10. The lowest BCUT2D eigenvalue weighted by molar-refractivity contribution is 0.569. The van der Waals surface area contributed by atoms with Gasteiger partial charge in [-0.2, -0.15) is 9.61 Å². The number of nitrogens with zero attached hydrogens (tertiary/aromatic N) is 4. The van der Waals surface area contributed by atoms with E-state index >= 15 is 0 Å². The predicted octanol–water partition coefficient (Wildman–Crippen LogP) is 6.47. The molecule has 0 radical (unpaired) electrons. The highest BCUT2D eigenvalue weighted by Crippen LogP contribution is 2.36. The van der Waals surface area contributed by atoms with Crippen LogP contribution < -0.4 is 10.2 Å². The Kier molecular flexibility index (Phi) is 5.40. The van der Waals surface area contributed by atoms with Gasteiger partial charge in [-0.05, 0) is 37.3 Å². The molecule has 2 aromatic carbocycles. The molecule has 0 aliphatic heterocycles. The maximum absolute atomic E-state index is 6.54. The van der Waals surface area contributed by atoms with Gasteiger partial charge in [-0.25, -0.2) is 4.98 Å². The van der Waals surface area contributed by atoms with Gasteiger partial charge in [0.05, 0.1) is 17.0 Å². The van der Waals surface area contributed by atoms with Crippen LogP contribution in [-0.4, -0.2) is 28.7 Å². The molecule has 0 unspecified atom stereocenters. The van der Waals surface area contributed by atoms with Crippen molar-refractivity contribution in [1.82, 2.24) is 14.6 Å². The van der Waals surface area contributed by atoms with Gasteiger partial charge in [0.25, 0.3) is 0 Å². The van der Waals surface area contributed by atoms with Gasteiger partial charge >= 0.3 is 0 Å². The van der Waals surface area contributed by atoms with Crippen molar-refractivity contribution in [3.05, 3.63) is 71.0 Å². The van der Waals surface area contributed by atoms with Crippen molar-refractivity contribution in [2.45, 2.75) is 33.1 Å². The summed E-state index contributed by atoms with van der Waals surface area (Å²) in [6.07, 6.45) is 0. The fraction of sp³-hybridized carbons (Fsp3) is 0.280.